The average molecular weight is 451 g/mol. The molecule has 1 saturated heterocycles. The van der Waals surface area contributed by atoms with E-state index in [1.807, 2.05) is 12.1 Å². The number of rotatable bonds is 3. The van der Waals surface area contributed by atoms with Crippen LogP contribution in [0.2, 0.25) is 0 Å². The Balaban J connectivity index is 1.27. The van der Waals surface area contributed by atoms with Gasteiger partial charge in [0, 0.05) is 19.1 Å². The van der Waals surface area contributed by atoms with Crippen LogP contribution < -0.4 is 10.6 Å². The van der Waals surface area contributed by atoms with Crippen LogP contribution in [0.5, 0.6) is 0 Å². The largest absolute Gasteiger partial charge is 0.390 e. The molecule has 8 nitrogen and oxygen atoms in total. The van der Waals surface area contributed by atoms with Gasteiger partial charge in [-0.25, -0.2) is 14.4 Å². The second kappa shape index (κ2) is 7.86. The Morgan fingerprint density at radius 3 is 2.88 bits per heavy atom. The summed E-state index contributed by atoms with van der Waals surface area (Å²) in [5, 5.41) is 17.6. The molecule has 6 rings (SSSR count). The minimum atomic E-state index is -0.207. The van der Waals surface area contributed by atoms with Crippen LogP contribution in [0.25, 0.3) is 16.7 Å². The number of benzene rings is 1. The molecule has 1 spiro atoms. The highest BCUT2D eigenvalue weighted by atomic mass is 19.1. The molecule has 172 valence electrons. The molecule has 9 heteroatoms. The molecule has 1 fully saturated rings. The summed E-state index contributed by atoms with van der Waals surface area (Å²) in [5.74, 6) is 0.468. The zero-order valence-electron chi connectivity index (χ0n) is 18.4. The van der Waals surface area contributed by atoms with Gasteiger partial charge in [0.15, 0.2) is 5.82 Å². The van der Waals surface area contributed by atoms with Crippen molar-refractivity contribution in [2.75, 3.05) is 31.2 Å². The van der Waals surface area contributed by atoms with Crippen LogP contribution >= 0.6 is 0 Å². The first-order chi connectivity index (χ1) is 16.1. The van der Waals surface area contributed by atoms with Crippen LogP contribution in [-0.2, 0) is 17.8 Å². The fourth-order valence-electron chi connectivity index (χ4n) is 5.70. The van der Waals surface area contributed by atoms with Crippen molar-refractivity contribution in [1.29, 1.82) is 0 Å². The van der Waals surface area contributed by atoms with Gasteiger partial charge in [-0.2, -0.15) is 5.10 Å². The lowest BCUT2D eigenvalue weighted by molar-refractivity contribution is 0.161. The van der Waals surface area contributed by atoms with Crippen molar-refractivity contribution in [3.63, 3.8) is 0 Å². The molecule has 1 atom stereocenters. The Hall–Kier alpha value is -2.88. The maximum atomic E-state index is 13.8. The van der Waals surface area contributed by atoms with Gasteiger partial charge in [-0.1, -0.05) is 12.1 Å². The summed E-state index contributed by atoms with van der Waals surface area (Å²) in [4.78, 5) is 11.7. The zero-order chi connectivity index (χ0) is 22.6. The lowest BCUT2D eigenvalue weighted by atomic mass is 9.73. The second-order valence-electron chi connectivity index (χ2n) is 9.32. The Labute approximate surface area is 190 Å². The molecular formula is C24H27FN6O2. The predicted octanol–water partition coefficient (Wildman–Crippen LogP) is 2.63. The molecule has 1 aliphatic carbocycles. The number of nitrogens with zero attached hydrogens (tertiary/aromatic N) is 4. The van der Waals surface area contributed by atoms with Gasteiger partial charge in [-0.05, 0) is 59.9 Å². The SMILES string of the molecule is N[C@@H]1c2ccc(F)cc2CC12CCN(c1nc3n[nH]c(C4=CCOCC4)c3nc1CO)CC2. The number of aromatic amines is 1. The Bertz CT molecular complexity index is 1250. The van der Waals surface area contributed by atoms with Crippen molar-refractivity contribution >= 4 is 22.6 Å². The molecule has 33 heavy (non-hydrogen) atoms. The van der Waals surface area contributed by atoms with E-state index in [-0.39, 0.29) is 23.9 Å². The number of nitrogens with two attached hydrogens (primary N) is 1. The van der Waals surface area contributed by atoms with Gasteiger partial charge < -0.3 is 20.5 Å². The molecule has 2 aliphatic heterocycles. The molecule has 3 aromatic rings. The third-order valence-electron chi connectivity index (χ3n) is 7.57. The van der Waals surface area contributed by atoms with Gasteiger partial charge in [0.2, 0.25) is 5.65 Å². The summed E-state index contributed by atoms with van der Waals surface area (Å²) < 4.78 is 19.2. The lowest BCUT2D eigenvalue weighted by Crippen LogP contribution is -2.45. The number of aromatic nitrogens is 4. The van der Waals surface area contributed by atoms with E-state index in [4.69, 9.17) is 20.4 Å². The van der Waals surface area contributed by atoms with Crippen molar-refractivity contribution in [2.45, 2.75) is 38.3 Å². The van der Waals surface area contributed by atoms with E-state index in [0.717, 1.165) is 61.2 Å². The van der Waals surface area contributed by atoms with Gasteiger partial charge >= 0.3 is 0 Å². The lowest BCUT2D eigenvalue weighted by Gasteiger charge is -2.42. The normalized spacial score (nSPS) is 22.1. The topological polar surface area (TPSA) is 113 Å². The molecule has 3 aliphatic rings. The third-order valence-corrected chi connectivity index (χ3v) is 7.57. The van der Waals surface area contributed by atoms with E-state index in [1.54, 1.807) is 6.07 Å². The summed E-state index contributed by atoms with van der Waals surface area (Å²) in [5.41, 5.74) is 12.4. The van der Waals surface area contributed by atoms with Crippen molar-refractivity contribution in [3.05, 3.63) is 52.6 Å². The number of H-pyrrole nitrogens is 1. The summed E-state index contributed by atoms with van der Waals surface area (Å²) in [6.45, 7) is 2.53. The van der Waals surface area contributed by atoms with E-state index >= 15 is 0 Å². The first-order valence-electron chi connectivity index (χ1n) is 11.5. The zero-order valence-corrected chi connectivity index (χ0v) is 18.4. The number of anilines is 1. The molecule has 4 heterocycles. The Kier molecular flexibility index (Phi) is 4.93. The molecule has 0 saturated carbocycles. The quantitative estimate of drug-likeness (QED) is 0.562. The maximum Gasteiger partial charge on any atom is 0.202 e. The molecule has 0 amide bonds. The summed E-state index contributed by atoms with van der Waals surface area (Å²) in [6, 6.07) is 4.87. The fraction of sp³-hybridized carbons (Fsp3) is 0.458. The number of aliphatic hydroxyl groups is 1. The molecular weight excluding hydrogens is 423 g/mol. The summed E-state index contributed by atoms with van der Waals surface area (Å²) in [7, 11) is 0. The fourth-order valence-corrected chi connectivity index (χ4v) is 5.70. The minimum Gasteiger partial charge on any atom is -0.390 e. The number of halogens is 1. The highest BCUT2D eigenvalue weighted by molar-refractivity contribution is 5.86. The molecule has 0 radical (unpaired) electrons. The highest BCUT2D eigenvalue weighted by Crippen LogP contribution is 2.51. The number of fused-ring (bicyclic) bond motifs is 2. The molecule has 0 bridgehead atoms. The predicted molar refractivity (Wildman–Crippen MR) is 122 cm³/mol. The number of piperidine rings is 1. The van der Waals surface area contributed by atoms with Crippen LogP contribution in [0, 0.1) is 11.2 Å². The van der Waals surface area contributed by atoms with Gasteiger partial charge in [0.25, 0.3) is 0 Å². The minimum absolute atomic E-state index is 0.0709. The third kappa shape index (κ3) is 3.34. The standard InChI is InChI=1S/C24H27FN6O2/c25-16-1-2-17-15(11-16)12-24(21(17)26)5-7-31(8-6-24)23-18(13-32)27-20-19(29-30-22(20)28-23)14-3-9-33-10-4-14/h1-3,11,21,32H,4-10,12-13,26H2,(H,28,29,30)/t21-/m1/s1. The number of ether oxygens (including phenoxy) is 1. The first kappa shape index (κ1) is 20.7. The second-order valence-corrected chi connectivity index (χ2v) is 9.32. The molecule has 2 aromatic heterocycles. The van der Waals surface area contributed by atoms with Crippen LogP contribution in [0.3, 0.4) is 0 Å². The number of nitrogens with one attached hydrogen (secondary N) is 1. The smallest absolute Gasteiger partial charge is 0.202 e. The van der Waals surface area contributed by atoms with E-state index in [9.17, 15) is 9.50 Å². The molecule has 4 N–H and O–H groups in total. The van der Waals surface area contributed by atoms with E-state index in [0.29, 0.717) is 35.9 Å². The average Bonchev–Trinajstić information content (AvgIpc) is 3.37. The van der Waals surface area contributed by atoms with E-state index in [2.05, 4.69) is 15.1 Å². The highest BCUT2D eigenvalue weighted by Gasteiger charge is 2.46. The monoisotopic (exact) mass is 450 g/mol. The molecule has 1 aromatic carbocycles. The Morgan fingerprint density at radius 2 is 2.12 bits per heavy atom. The van der Waals surface area contributed by atoms with Gasteiger partial charge in [0.1, 0.15) is 17.0 Å². The number of aliphatic hydroxyl groups excluding tert-OH is 1. The first-order valence-corrected chi connectivity index (χ1v) is 11.5. The van der Waals surface area contributed by atoms with E-state index < -0.39 is 0 Å². The van der Waals surface area contributed by atoms with Crippen LogP contribution in [-0.4, -0.2) is 51.6 Å². The van der Waals surface area contributed by atoms with Gasteiger partial charge in [-0.3, -0.25) is 5.10 Å². The maximum absolute atomic E-state index is 13.8. The van der Waals surface area contributed by atoms with Crippen molar-refractivity contribution in [3.8, 4) is 0 Å². The summed E-state index contributed by atoms with van der Waals surface area (Å²) >= 11 is 0. The van der Waals surface area contributed by atoms with Crippen molar-refractivity contribution in [1.82, 2.24) is 20.2 Å². The number of hydrogen-bond donors (Lipinski definition) is 3. The van der Waals surface area contributed by atoms with Crippen molar-refractivity contribution in [2.24, 2.45) is 11.1 Å². The number of hydrogen-bond acceptors (Lipinski definition) is 7. The van der Waals surface area contributed by atoms with Crippen LogP contribution in [0.4, 0.5) is 10.2 Å². The van der Waals surface area contributed by atoms with Gasteiger partial charge in [-0.15, -0.1) is 0 Å². The van der Waals surface area contributed by atoms with Crippen LogP contribution in [0.15, 0.2) is 24.3 Å². The van der Waals surface area contributed by atoms with Crippen LogP contribution in [0.1, 0.15) is 47.8 Å². The van der Waals surface area contributed by atoms with E-state index in [1.165, 1.54) is 6.07 Å². The molecule has 0 unspecified atom stereocenters. The Morgan fingerprint density at radius 1 is 1.27 bits per heavy atom. The van der Waals surface area contributed by atoms with Gasteiger partial charge in [0.05, 0.1) is 25.5 Å². The van der Waals surface area contributed by atoms with Crippen molar-refractivity contribution < 1.29 is 14.2 Å². The summed E-state index contributed by atoms with van der Waals surface area (Å²) in [6.07, 6.45) is 5.36.